The maximum atomic E-state index is 2.70. The molecule has 8 unspecified atom stereocenters. The molecule has 0 nitrogen and oxygen atoms in total. The van der Waals surface area contributed by atoms with Crippen LogP contribution in [-0.4, -0.2) is 0 Å². The van der Waals surface area contributed by atoms with E-state index < -0.39 is 0 Å². The molecule has 0 saturated heterocycles. The number of hydrogen-bond donors (Lipinski definition) is 0. The molecule has 4 fully saturated rings. The summed E-state index contributed by atoms with van der Waals surface area (Å²) in [4.78, 5) is 0. The Labute approximate surface area is 126 Å². The molecule has 4 bridgehead atoms. The number of hydrogen-bond acceptors (Lipinski definition) is 0. The highest BCUT2D eigenvalue weighted by molar-refractivity contribution is 5.02. The lowest BCUT2D eigenvalue weighted by Crippen LogP contribution is -2.42. The topological polar surface area (TPSA) is 0 Å². The van der Waals surface area contributed by atoms with Gasteiger partial charge in [-0.1, -0.05) is 27.2 Å². The first-order valence-corrected chi connectivity index (χ1v) is 9.59. The van der Waals surface area contributed by atoms with Crippen LogP contribution in [0.15, 0.2) is 0 Å². The van der Waals surface area contributed by atoms with E-state index in [1.165, 1.54) is 6.42 Å². The highest BCUT2D eigenvalue weighted by Crippen LogP contribution is 2.61. The van der Waals surface area contributed by atoms with E-state index in [1.54, 1.807) is 51.4 Å². The van der Waals surface area contributed by atoms with Crippen molar-refractivity contribution < 1.29 is 0 Å². The van der Waals surface area contributed by atoms with Crippen LogP contribution in [-0.2, 0) is 0 Å². The summed E-state index contributed by atoms with van der Waals surface area (Å²) >= 11 is 0. The minimum atomic E-state index is 0.708. The van der Waals surface area contributed by atoms with Gasteiger partial charge in [-0.2, -0.15) is 0 Å². The van der Waals surface area contributed by atoms with Crippen LogP contribution in [0.2, 0.25) is 0 Å². The molecule has 0 aromatic carbocycles. The van der Waals surface area contributed by atoms with Gasteiger partial charge in [0.15, 0.2) is 0 Å². The van der Waals surface area contributed by atoms with E-state index in [2.05, 4.69) is 20.8 Å². The Balaban J connectivity index is 1.73. The van der Waals surface area contributed by atoms with E-state index in [9.17, 15) is 0 Å². The first-order chi connectivity index (χ1) is 9.59. The predicted octanol–water partition coefficient (Wildman–Crippen LogP) is 5.91. The molecule has 0 heteroatoms. The third-order valence-corrected chi connectivity index (χ3v) is 8.47. The van der Waals surface area contributed by atoms with Crippen LogP contribution in [0.25, 0.3) is 0 Å². The van der Waals surface area contributed by atoms with Gasteiger partial charge in [-0.25, -0.2) is 0 Å². The standard InChI is InChI=1S/C20H34/c1-4-14-7-18-11-17-9-15-8-16(13(17)2)5-6-20(3,12-14)19(18)10-15/h13-19H,4-12H2,1-3H3. The predicted molar refractivity (Wildman–Crippen MR) is 85.4 cm³/mol. The Hall–Kier alpha value is 0. The molecule has 4 aliphatic rings. The van der Waals surface area contributed by atoms with Gasteiger partial charge in [0, 0.05) is 0 Å². The van der Waals surface area contributed by atoms with Gasteiger partial charge in [0.2, 0.25) is 0 Å². The molecule has 0 N–H and O–H groups in total. The summed E-state index contributed by atoms with van der Waals surface area (Å²) in [5, 5.41) is 0. The van der Waals surface area contributed by atoms with E-state index in [1.807, 2.05) is 0 Å². The van der Waals surface area contributed by atoms with Crippen LogP contribution in [0.3, 0.4) is 0 Å². The van der Waals surface area contributed by atoms with Crippen LogP contribution in [0.4, 0.5) is 0 Å². The zero-order valence-electron chi connectivity index (χ0n) is 13.9. The maximum Gasteiger partial charge on any atom is -0.0292 e. The Morgan fingerprint density at radius 1 is 0.950 bits per heavy atom. The minimum Gasteiger partial charge on any atom is -0.0651 e. The van der Waals surface area contributed by atoms with E-state index in [0.29, 0.717) is 5.41 Å². The second-order valence-corrected chi connectivity index (χ2v) is 9.46. The first kappa shape index (κ1) is 13.6. The first-order valence-electron chi connectivity index (χ1n) is 9.59. The molecule has 0 radical (unpaired) electrons. The molecule has 0 aromatic rings. The summed E-state index contributed by atoms with van der Waals surface area (Å²) in [7, 11) is 0. The molecule has 114 valence electrons. The molecule has 4 saturated carbocycles. The average molecular weight is 274 g/mol. The Kier molecular flexibility index (Phi) is 3.24. The third kappa shape index (κ3) is 2.00. The van der Waals surface area contributed by atoms with E-state index >= 15 is 0 Å². The van der Waals surface area contributed by atoms with Crippen molar-refractivity contribution in [2.24, 2.45) is 46.8 Å². The van der Waals surface area contributed by atoms with Gasteiger partial charge < -0.3 is 0 Å². The van der Waals surface area contributed by atoms with Crippen LogP contribution >= 0.6 is 0 Å². The molecule has 4 aliphatic carbocycles. The van der Waals surface area contributed by atoms with E-state index in [0.717, 1.165) is 41.4 Å². The van der Waals surface area contributed by atoms with Crippen LogP contribution in [0.1, 0.15) is 78.6 Å². The summed E-state index contributed by atoms with van der Waals surface area (Å²) in [5.74, 6) is 7.54. The fraction of sp³-hybridized carbons (Fsp3) is 1.00. The average Bonchev–Trinajstić information content (AvgIpc) is 2.57. The van der Waals surface area contributed by atoms with Crippen molar-refractivity contribution in [1.82, 2.24) is 0 Å². The lowest BCUT2D eigenvalue weighted by atomic mass is 9.54. The van der Waals surface area contributed by atoms with Crippen molar-refractivity contribution >= 4 is 0 Å². The molecule has 8 atom stereocenters. The zero-order chi connectivity index (χ0) is 13.9. The summed E-state index contributed by atoms with van der Waals surface area (Å²) in [6.45, 7) is 7.75. The molecule has 0 aromatic heterocycles. The molecule has 0 heterocycles. The normalized spacial score (nSPS) is 58.0. The Morgan fingerprint density at radius 2 is 1.75 bits per heavy atom. The smallest absolute Gasteiger partial charge is 0.0292 e. The third-order valence-electron chi connectivity index (χ3n) is 8.47. The Morgan fingerprint density at radius 3 is 2.55 bits per heavy atom. The van der Waals surface area contributed by atoms with Gasteiger partial charge in [0.05, 0.1) is 0 Å². The van der Waals surface area contributed by atoms with Gasteiger partial charge in [0.25, 0.3) is 0 Å². The van der Waals surface area contributed by atoms with Crippen molar-refractivity contribution in [2.75, 3.05) is 0 Å². The quantitative estimate of drug-likeness (QED) is 0.557. The number of fused-ring (bicyclic) bond motifs is 2. The van der Waals surface area contributed by atoms with E-state index in [-0.39, 0.29) is 0 Å². The molecule has 0 amide bonds. The largest absolute Gasteiger partial charge is 0.0651 e. The molecule has 0 aliphatic heterocycles. The SMILES string of the molecule is CCC1CC2CC3CC4CC(CCC(C)(C1)C2C4)C3C. The van der Waals surface area contributed by atoms with Crippen LogP contribution in [0, 0.1) is 46.8 Å². The highest BCUT2D eigenvalue weighted by atomic mass is 14.6. The van der Waals surface area contributed by atoms with Gasteiger partial charge in [-0.15, -0.1) is 0 Å². The lowest BCUT2D eigenvalue weighted by Gasteiger charge is -2.51. The van der Waals surface area contributed by atoms with Crippen molar-refractivity contribution in [3.05, 3.63) is 0 Å². The van der Waals surface area contributed by atoms with Crippen molar-refractivity contribution in [1.29, 1.82) is 0 Å². The van der Waals surface area contributed by atoms with Gasteiger partial charge in [-0.3, -0.25) is 0 Å². The Bertz CT molecular complexity index is 372. The summed E-state index contributed by atoms with van der Waals surface area (Å²) in [6, 6.07) is 0. The zero-order valence-corrected chi connectivity index (χ0v) is 13.9. The van der Waals surface area contributed by atoms with Crippen LogP contribution in [0.5, 0.6) is 0 Å². The minimum absolute atomic E-state index is 0.708. The maximum absolute atomic E-state index is 2.70. The van der Waals surface area contributed by atoms with Crippen LogP contribution < -0.4 is 0 Å². The second-order valence-electron chi connectivity index (χ2n) is 9.46. The highest BCUT2D eigenvalue weighted by Gasteiger charge is 2.52. The molecular formula is C20H34. The van der Waals surface area contributed by atoms with Crippen molar-refractivity contribution in [2.45, 2.75) is 78.6 Å². The van der Waals surface area contributed by atoms with E-state index in [4.69, 9.17) is 0 Å². The number of rotatable bonds is 1. The molecular weight excluding hydrogens is 240 g/mol. The molecule has 0 spiro atoms. The summed E-state index contributed by atoms with van der Waals surface area (Å²) < 4.78 is 0. The van der Waals surface area contributed by atoms with Gasteiger partial charge >= 0.3 is 0 Å². The van der Waals surface area contributed by atoms with Crippen molar-refractivity contribution in [3.8, 4) is 0 Å². The fourth-order valence-electron chi connectivity index (χ4n) is 7.31. The summed E-state index contributed by atoms with van der Waals surface area (Å²) in [6.07, 6.45) is 14.1. The van der Waals surface area contributed by atoms with Gasteiger partial charge in [-0.05, 0) is 98.2 Å². The lowest BCUT2D eigenvalue weighted by molar-refractivity contribution is -0.0112. The molecule has 4 rings (SSSR count). The molecule has 20 heavy (non-hydrogen) atoms. The monoisotopic (exact) mass is 274 g/mol. The fourth-order valence-corrected chi connectivity index (χ4v) is 7.31. The second kappa shape index (κ2) is 4.75. The van der Waals surface area contributed by atoms with Crippen molar-refractivity contribution in [3.63, 3.8) is 0 Å². The summed E-state index contributed by atoms with van der Waals surface area (Å²) in [5.41, 5.74) is 0.708. The van der Waals surface area contributed by atoms with Gasteiger partial charge in [0.1, 0.15) is 0 Å².